The van der Waals surface area contributed by atoms with Gasteiger partial charge in [0.1, 0.15) is 25.2 Å². The summed E-state index contributed by atoms with van der Waals surface area (Å²) in [6, 6.07) is 12.4. The number of nitrogens with two attached hydrogens (primary N) is 1. The summed E-state index contributed by atoms with van der Waals surface area (Å²) in [6.45, 7) is 5.41. The first kappa shape index (κ1) is 21.2. The number of esters is 1. The zero-order valence-electron chi connectivity index (χ0n) is 17.9. The van der Waals surface area contributed by atoms with E-state index in [4.69, 9.17) is 19.9 Å². The van der Waals surface area contributed by atoms with Crippen LogP contribution in [-0.2, 0) is 4.74 Å². The molecule has 1 aromatic heterocycles. The summed E-state index contributed by atoms with van der Waals surface area (Å²) in [5, 5.41) is 6.33. The minimum absolute atomic E-state index is 0.283. The van der Waals surface area contributed by atoms with Crippen LogP contribution < -0.4 is 25.8 Å². The number of carbonyl (C=O) groups is 1. The van der Waals surface area contributed by atoms with Gasteiger partial charge in [-0.25, -0.2) is 14.8 Å². The highest BCUT2D eigenvalue weighted by Gasteiger charge is 2.14. The predicted octanol–water partition coefficient (Wildman–Crippen LogP) is 4.13. The van der Waals surface area contributed by atoms with Gasteiger partial charge in [0.2, 0.25) is 0 Å². The van der Waals surface area contributed by atoms with Crippen LogP contribution in [-0.4, -0.2) is 35.8 Å². The van der Waals surface area contributed by atoms with Crippen LogP contribution in [0.15, 0.2) is 48.8 Å². The highest BCUT2D eigenvalue weighted by atomic mass is 16.6. The van der Waals surface area contributed by atoms with Gasteiger partial charge in [0.25, 0.3) is 0 Å². The Labute approximate surface area is 185 Å². The van der Waals surface area contributed by atoms with Crippen molar-refractivity contribution >= 4 is 34.7 Å². The smallest absolute Gasteiger partial charge is 0.338 e. The van der Waals surface area contributed by atoms with Gasteiger partial charge in [0.05, 0.1) is 12.2 Å². The lowest BCUT2D eigenvalue weighted by Crippen LogP contribution is -2.15. The highest BCUT2D eigenvalue weighted by molar-refractivity contribution is 5.90. The van der Waals surface area contributed by atoms with E-state index in [1.165, 1.54) is 6.33 Å². The highest BCUT2D eigenvalue weighted by Crippen LogP contribution is 2.35. The molecule has 32 heavy (non-hydrogen) atoms. The third kappa shape index (κ3) is 5.00. The third-order valence-electron chi connectivity index (χ3n) is 4.62. The first-order valence-electron chi connectivity index (χ1n) is 10.3. The summed E-state index contributed by atoms with van der Waals surface area (Å²) < 4.78 is 16.4. The molecular formula is C23H25N5O4. The minimum Gasteiger partial charge on any atom is -0.486 e. The Morgan fingerprint density at radius 2 is 1.62 bits per heavy atom. The topological polar surface area (TPSA) is 121 Å². The molecule has 0 amide bonds. The normalized spacial score (nSPS) is 12.3. The Balaban J connectivity index is 1.45. The van der Waals surface area contributed by atoms with E-state index in [0.717, 1.165) is 11.4 Å². The lowest BCUT2D eigenvalue weighted by atomic mass is 10.2. The van der Waals surface area contributed by atoms with Gasteiger partial charge >= 0.3 is 5.97 Å². The van der Waals surface area contributed by atoms with Crippen LogP contribution in [0.4, 0.5) is 28.7 Å². The van der Waals surface area contributed by atoms with Gasteiger partial charge in [0, 0.05) is 17.4 Å². The lowest BCUT2D eigenvalue weighted by Gasteiger charge is -2.19. The SMILES string of the molecule is CC(C)COC(=O)c1ccc(Nc2ncnc(Nc3ccc4c(c3)OCCO4)c2N)cc1. The van der Waals surface area contributed by atoms with E-state index in [0.29, 0.717) is 54.2 Å². The number of ether oxygens (including phenoxy) is 3. The zero-order valence-corrected chi connectivity index (χ0v) is 17.9. The number of nitrogens with one attached hydrogen (secondary N) is 2. The molecule has 1 aliphatic heterocycles. The molecule has 0 fully saturated rings. The number of rotatable bonds is 7. The van der Waals surface area contributed by atoms with Gasteiger partial charge in [-0.2, -0.15) is 0 Å². The number of benzene rings is 2. The van der Waals surface area contributed by atoms with Gasteiger partial charge in [-0.3, -0.25) is 0 Å². The van der Waals surface area contributed by atoms with Crippen molar-refractivity contribution in [2.24, 2.45) is 5.92 Å². The molecule has 0 radical (unpaired) electrons. The second-order valence-electron chi connectivity index (χ2n) is 7.66. The Morgan fingerprint density at radius 1 is 1.00 bits per heavy atom. The average molecular weight is 435 g/mol. The molecule has 166 valence electrons. The number of nitrogen functional groups attached to an aromatic ring is 1. The first-order valence-corrected chi connectivity index (χ1v) is 10.3. The summed E-state index contributed by atoms with van der Waals surface area (Å²) in [5.74, 6) is 2.20. The van der Waals surface area contributed by atoms with E-state index in [-0.39, 0.29) is 11.9 Å². The molecule has 2 heterocycles. The molecule has 0 atom stereocenters. The van der Waals surface area contributed by atoms with Crippen molar-refractivity contribution in [1.82, 2.24) is 9.97 Å². The predicted molar refractivity (Wildman–Crippen MR) is 122 cm³/mol. The molecule has 9 heteroatoms. The number of anilines is 5. The maximum absolute atomic E-state index is 12.1. The van der Waals surface area contributed by atoms with Crippen molar-refractivity contribution in [3.05, 3.63) is 54.4 Å². The molecule has 4 rings (SSSR count). The monoisotopic (exact) mass is 435 g/mol. The van der Waals surface area contributed by atoms with E-state index in [9.17, 15) is 4.79 Å². The fourth-order valence-electron chi connectivity index (χ4n) is 3.00. The Morgan fingerprint density at radius 3 is 2.31 bits per heavy atom. The molecule has 0 saturated carbocycles. The van der Waals surface area contributed by atoms with E-state index in [1.54, 1.807) is 24.3 Å². The molecule has 0 bridgehead atoms. The summed E-state index contributed by atoms with van der Waals surface area (Å²) in [6.07, 6.45) is 1.41. The van der Waals surface area contributed by atoms with Gasteiger partial charge in [-0.15, -0.1) is 0 Å². The minimum atomic E-state index is -0.349. The molecule has 1 aliphatic rings. The van der Waals surface area contributed by atoms with Crippen LogP contribution in [0, 0.1) is 5.92 Å². The van der Waals surface area contributed by atoms with E-state index < -0.39 is 0 Å². The number of nitrogens with zero attached hydrogens (tertiary/aromatic N) is 2. The maximum atomic E-state index is 12.1. The molecule has 9 nitrogen and oxygen atoms in total. The molecule has 0 saturated heterocycles. The summed E-state index contributed by atoms with van der Waals surface area (Å²) in [5.41, 5.74) is 8.59. The quantitative estimate of drug-likeness (QED) is 0.470. The zero-order chi connectivity index (χ0) is 22.5. The second kappa shape index (κ2) is 9.42. The van der Waals surface area contributed by atoms with Crippen LogP contribution >= 0.6 is 0 Å². The summed E-state index contributed by atoms with van der Waals surface area (Å²) in [4.78, 5) is 20.5. The molecule has 2 aromatic carbocycles. The van der Waals surface area contributed by atoms with Crippen molar-refractivity contribution in [3.8, 4) is 11.5 Å². The van der Waals surface area contributed by atoms with Gasteiger partial charge < -0.3 is 30.6 Å². The van der Waals surface area contributed by atoms with Crippen molar-refractivity contribution in [3.63, 3.8) is 0 Å². The van der Waals surface area contributed by atoms with E-state index in [1.807, 2.05) is 32.0 Å². The number of aromatic nitrogens is 2. The molecule has 0 unspecified atom stereocenters. The molecule has 3 aromatic rings. The van der Waals surface area contributed by atoms with Crippen LogP contribution in [0.1, 0.15) is 24.2 Å². The fourth-order valence-corrected chi connectivity index (χ4v) is 3.00. The Hall–Kier alpha value is -4.01. The van der Waals surface area contributed by atoms with Crippen LogP contribution in [0.25, 0.3) is 0 Å². The number of hydrogen-bond acceptors (Lipinski definition) is 9. The number of carbonyl (C=O) groups excluding carboxylic acids is 1. The van der Waals surface area contributed by atoms with Gasteiger partial charge in [0.15, 0.2) is 23.1 Å². The summed E-state index contributed by atoms with van der Waals surface area (Å²) >= 11 is 0. The van der Waals surface area contributed by atoms with Crippen molar-refractivity contribution in [2.75, 3.05) is 36.2 Å². The number of fused-ring (bicyclic) bond motifs is 1. The summed E-state index contributed by atoms with van der Waals surface area (Å²) in [7, 11) is 0. The Bertz CT molecular complexity index is 1100. The first-order chi connectivity index (χ1) is 15.5. The molecular weight excluding hydrogens is 410 g/mol. The van der Waals surface area contributed by atoms with E-state index >= 15 is 0 Å². The average Bonchev–Trinajstić information content (AvgIpc) is 2.80. The van der Waals surface area contributed by atoms with Crippen molar-refractivity contribution in [1.29, 1.82) is 0 Å². The molecule has 4 N–H and O–H groups in total. The third-order valence-corrected chi connectivity index (χ3v) is 4.62. The van der Waals surface area contributed by atoms with E-state index in [2.05, 4.69) is 20.6 Å². The maximum Gasteiger partial charge on any atom is 0.338 e. The Kier molecular flexibility index (Phi) is 6.25. The van der Waals surface area contributed by atoms with Crippen molar-refractivity contribution < 1.29 is 19.0 Å². The standard InChI is InChI=1S/C23H25N5O4/c1-14(2)12-32-23(29)15-3-5-16(6-4-15)27-21-20(24)22(26-13-25-21)28-17-7-8-18-19(11-17)31-10-9-30-18/h3-8,11,13-14H,9-10,12,24H2,1-2H3,(H2,25,26,27,28). The fraction of sp³-hybridized carbons (Fsp3) is 0.261. The van der Waals surface area contributed by atoms with Crippen LogP contribution in [0.2, 0.25) is 0 Å². The van der Waals surface area contributed by atoms with Crippen LogP contribution in [0.3, 0.4) is 0 Å². The van der Waals surface area contributed by atoms with Gasteiger partial charge in [-0.1, -0.05) is 13.8 Å². The molecule has 0 aliphatic carbocycles. The lowest BCUT2D eigenvalue weighted by molar-refractivity contribution is 0.0459. The second-order valence-corrected chi connectivity index (χ2v) is 7.66. The number of hydrogen-bond donors (Lipinski definition) is 3. The van der Waals surface area contributed by atoms with Crippen molar-refractivity contribution in [2.45, 2.75) is 13.8 Å². The largest absolute Gasteiger partial charge is 0.486 e. The van der Waals surface area contributed by atoms with Crippen LogP contribution in [0.5, 0.6) is 11.5 Å². The van der Waals surface area contributed by atoms with Gasteiger partial charge in [-0.05, 0) is 42.3 Å². The molecule has 0 spiro atoms.